The van der Waals surface area contributed by atoms with E-state index in [4.69, 9.17) is 9.72 Å². The smallest absolute Gasteiger partial charge is 0.342 e. The Morgan fingerprint density at radius 2 is 1.57 bits per heavy atom. The van der Waals surface area contributed by atoms with Crippen molar-refractivity contribution in [1.82, 2.24) is 9.97 Å². The molecule has 0 radical (unpaired) electrons. The average Bonchev–Trinajstić information content (AvgIpc) is 2.73. The number of hydrogen-bond acceptors (Lipinski definition) is 4. The van der Waals surface area contributed by atoms with E-state index in [9.17, 15) is 4.79 Å². The maximum atomic E-state index is 12.7. The zero-order chi connectivity index (χ0) is 19.5. The van der Waals surface area contributed by atoms with Crippen molar-refractivity contribution in [2.45, 2.75) is 13.8 Å². The Morgan fingerprint density at radius 3 is 2.32 bits per heavy atom. The molecule has 0 aliphatic carbocycles. The molecule has 1 aromatic heterocycles. The van der Waals surface area contributed by atoms with E-state index in [0.717, 1.165) is 21.9 Å². The van der Waals surface area contributed by atoms with Gasteiger partial charge in [0.25, 0.3) is 0 Å². The first-order valence-corrected chi connectivity index (χ1v) is 9.27. The van der Waals surface area contributed by atoms with Crippen molar-refractivity contribution in [3.63, 3.8) is 0 Å². The van der Waals surface area contributed by atoms with E-state index in [1.165, 1.54) is 0 Å². The van der Waals surface area contributed by atoms with Crippen molar-refractivity contribution in [2.75, 3.05) is 6.61 Å². The van der Waals surface area contributed by atoms with Gasteiger partial charge in [0.15, 0.2) is 5.82 Å². The lowest BCUT2D eigenvalue weighted by atomic mass is 10.0. The summed E-state index contributed by atoms with van der Waals surface area (Å²) in [5.74, 6) is 0.192. The summed E-state index contributed by atoms with van der Waals surface area (Å²) in [5.41, 5.74) is 3.38. The fourth-order valence-corrected chi connectivity index (χ4v) is 3.28. The fraction of sp³-hybridized carbons (Fsp3) is 0.125. The molecule has 0 fully saturated rings. The summed E-state index contributed by atoms with van der Waals surface area (Å²) >= 11 is 0. The van der Waals surface area contributed by atoms with Crippen LogP contribution in [0, 0.1) is 6.92 Å². The number of benzene rings is 3. The number of carbonyl (C=O) groups excluding carboxylic acids is 1. The molecule has 0 atom stereocenters. The largest absolute Gasteiger partial charge is 0.462 e. The Bertz CT molecular complexity index is 1150. The fourth-order valence-electron chi connectivity index (χ4n) is 3.28. The Kier molecular flexibility index (Phi) is 4.85. The van der Waals surface area contributed by atoms with Crippen LogP contribution in [0.4, 0.5) is 0 Å². The van der Waals surface area contributed by atoms with Crippen LogP contribution in [0.15, 0.2) is 72.8 Å². The van der Waals surface area contributed by atoms with E-state index in [0.29, 0.717) is 29.4 Å². The molecule has 0 aliphatic rings. The van der Waals surface area contributed by atoms with Gasteiger partial charge in [-0.05, 0) is 30.7 Å². The van der Waals surface area contributed by atoms with Gasteiger partial charge in [0.1, 0.15) is 5.56 Å². The van der Waals surface area contributed by atoms with Gasteiger partial charge >= 0.3 is 5.97 Å². The summed E-state index contributed by atoms with van der Waals surface area (Å²) in [6.07, 6.45) is 0. The summed E-state index contributed by atoms with van der Waals surface area (Å²) < 4.78 is 5.29. The first kappa shape index (κ1) is 17.9. The van der Waals surface area contributed by atoms with Gasteiger partial charge in [-0.25, -0.2) is 14.8 Å². The highest BCUT2D eigenvalue weighted by molar-refractivity contribution is 5.99. The third kappa shape index (κ3) is 3.37. The number of rotatable bonds is 4. The first-order chi connectivity index (χ1) is 13.7. The molecular weight excluding hydrogens is 348 g/mol. The molecule has 0 bridgehead atoms. The summed E-state index contributed by atoms with van der Waals surface area (Å²) in [6.45, 7) is 3.92. The molecule has 4 nitrogen and oxygen atoms in total. The maximum Gasteiger partial charge on any atom is 0.342 e. The number of aromatic nitrogens is 2. The predicted octanol–water partition coefficient (Wildman–Crippen LogP) is 5.45. The number of carbonyl (C=O) groups is 1. The zero-order valence-electron chi connectivity index (χ0n) is 15.8. The Labute approximate surface area is 163 Å². The molecule has 0 spiro atoms. The Balaban J connectivity index is 1.95. The maximum absolute atomic E-state index is 12.7. The van der Waals surface area contributed by atoms with Crippen LogP contribution in [0.1, 0.15) is 23.0 Å². The van der Waals surface area contributed by atoms with Crippen molar-refractivity contribution in [1.29, 1.82) is 0 Å². The highest BCUT2D eigenvalue weighted by Crippen LogP contribution is 2.30. The third-order valence-electron chi connectivity index (χ3n) is 4.62. The minimum atomic E-state index is -0.400. The third-order valence-corrected chi connectivity index (χ3v) is 4.62. The van der Waals surface area contributed by atoms with Crippen LogP contribution in [-0.4, -0.2) is 22.5 Å². The van der Waals surface area contributed by atoms with Gasteiger partial charge < -0.3 is 4.74 Å². The van der Waals surface area contributed by atoms with Crippen molar-refractivity contribution in [2.24, 2.45) is 0 Å². The minimum Gasteiger partial charge on any atom is -0.462 e. The normalized spacial score (nSPS) is 10.8. The molecule has 4 heteroatoms. The van der Waals surface area contributed by atoms with E-state index in [2.05, 4.69) is 23.2 Å². The SMILES string of the molecule is CCOC(=O)c1c(C)nc(-c2ccccc2)nc1-c1ccc2ccccc2c1. The number of aryl methyl sites for hydroxylation is 1. The predicted molar refractivity (Wildman–Crippen MR) is 111 cm³/mol. The van der Waals surface area contributed by atoms with Crippen LogP contribution in [0.25, 0.3) is 33.4 Å². The minimum absolute atomic E-state index is 0.301. The van der Waals surface area contributed by atoms with E-state index in [-0.39, 0.29) is 0 Å². The van der Waals surface area contributed by atoms with Crippen LogP contribution in [0.3, 0.4) is 0 Å². The summed E-state index contributed by atoms with van der Waals surface area (Å²) in [7, 11) is 0. The Hall–Kier alpha value is -3.53. The highest BCUT2D eigenvalue weighted by atomic mass is 16.5. The van der Waals surface area contributed by atoms with Crippen LogP contribution < -0.4 is 0 Å². The molecule has 1 heterocycles. The van der Waals surface area contributed by atoms with Crippen LogP contribution in [0.2, 0.25) is 0 Å². The van der Waals surface area contributed by atoms with E-state index >= 15 is 0 Å². The second-order valence-electron chi connectivity index (χ2n) is 6.50. The summed E-state index contributed by atoms with van der Waals surface area (Å²) in [6, 6.07) is 24.0. The first-order valence-electron chi connectivity index (χ1n) is 9.27. The topological polar surface area (TPSA) is 52.1 Å². The van der Waals surface area contributed by atoms with Crippen molar-refractivity contribution in [3.05, 3.63) is 84.1 Å². The van der Waals surface area contributed by atoms with Gasteiger partial charge in [-0.15, -0.1) is 0 Å². The Morgan fingerprint density at radius 1 is 0.857 bits per heavy atom. The lowest BCUT2D eigenvalue weighted by molar-refractivity contribution is 0.0525. The van der Waals surface area contributed by atoms with Crippen LogP contribution in [-0.2, 0) is 4.74 Å². The second kappa shape index (κ2) is 7.61. The molecule has 0 unspecified atom stereocenters. The summed E-state index contributed by atoms with van der Waals surface area (Å²) in [4.78, 5) is 22.0. The molecule has 4 rings (SSSR count). The molecule has 4 aromatic rings. The van der Waals surface area contributed by atoms with Gasteiger partial charge in [0, 0.05) is 11.1 Å². The van der Waals surface area contributed by atoms with Crippen molar-refractivity contribution in [3.8, 4) is 22.6 Å². The molecule has 0 amide bonds. The molecule has 0 aliphatic heterocycles. The van der Waals surface area contributed by atoms with Gasteiger partial charge in [-0.3, -0.25) is 0 Å². The monoisotopic (exact) mass is 368 g/mol. The van der Waals surface area contributed by atoms with Gasteiger partial charge in [0.2, 0.25) is 0 Å². The molecule has 0 saturated carbocycles. The number of nitrogens with zero attached hydrogens (tertiary/aromatic N) is 2. The van der Waals surface area contributed by atoms with E-state index < -0.39 is 5.97 Å². The van der Waals surface area contributed by atoms with E-state index in [1.807, 2.05) is 61.5 Å². The highest BCUT2D eigenvalue weighted by Gasteiger charge is 2.21. The van der Waals surface area contributed by atoms with E-state index in [1.54, 1.807) is 6.92 Å². The standard InChI is InChI=1S/C24H20N2O2/c1-3-28-24(27)21-16(2)25-23(18-10-5-4-6-11-18)26-22(21)20-14-13-17-9-7-8-12-19(17)15-20/h4-15H,3H2,1-2H3. The molecular formula is C24H20N2O2. The number of fused-ring (bicyclic) bond motifs is 1. The van der Waals surface area contributed by atoms with Crippen molar-refractivity contribution >= 4 is 16.7 Å². The zero-order valence-corrected chi connectivity index (χ0v) is 15.8. The summed E-state index contributed by atoms with van der Waals surface area (Å²) in [5, 5.41) is 2.23. The van der Waals surface area contributed by atoms with Crippen molar-refractivity contribution < 1.29 is 9.53 Å². The van der Waals surface area contributed by atoms with Crippen LogP contribution >= 0.6 is 0 Å². The molecule has 0 N–H and O–H groups in total. The molecule has 3 aromatic carbocycles. The number of ether oxygens (including phenoxy) is 1. The number of hydrogen-bond donors (Lipinski definition) is 0. The molecule has 28 heavy (non-hydrogen) atoms. The van der Waals surface area contributed by atoms with Gasteiger partial charge in [-0.2, -0.15) is 0 Å². The van der Waals surface area contributed by atoms with Gasteiger partial charge in [0.05, 0.1) is 18.0 Å². The lowest BCUT2D eigenvalue weighted by Crippen LogP contribution is -2.12. The average molecular weight is 368 g/mol. The number of esters is 1. The molecule has 0 saturated heterocycles. The van der Waals surface area contributed by atoms with Gasteiger partial charge in [-0.1, -0.05) is 66.7 Å². The quantitative estimate of drug-likeness (QED) is 0.450. The molecule has 138 valence electrons. The lowest BCUT2D eigenvalue weighted by Gasteiger charge is -2.13. The van der Waals surface area contributed by atoms with Crippen LogP contribution in [0.5, 0.6) is 0 Å². The second-order valence-corrected chi connectivity index (χ2v) is 6.50.